The molecule has 1 aliphatic rings. The molecule has 0 bridgehead atoms. The summed E-state index contributed by atoms with van der Waals surface area (Å²) in [7, 11) is 1.50. The Balaban J connectivity index is 1.61. The predicted octanol–water partition coefficient (Wildman–Crippen LogP) is 3.57. The number of halogens is 1. The lowest BCUT2D eigenvalue weighted by atomic mass is 10.1. The molecule has 1 aromatic heterocycles. The molecule has 0 fully saturated rings. The molecular formula is C22H20FN5O5. The summed E-state index contributed by atoms with van der Waals surface area (Å²) in [4.78, 5) is 35.9. The molecule has 11 heteroatoms. The summed E-state index contributed by atoms with van der Waals surface area (Å²) in [5, 5.41) is 20.9. The van der Waals surface area contributed by atoms with Crippen LogP contribution in [0.5, 0.6) is 0 Å². The standard InChI is InChI=1S/C22H20FN5O5/c1-12-3-8-15(28(31)32)9-16(12)24-19(29)10-18-22(30)25-21-20(13-4-6-14(23)7-5-13)17(11-33-2)26-27(18)21/h3-9,18H,10-11H2,1-2H3,(H,24,29)(H,25,30). The summed E-state index contributed by atoms with van der Waals surface area (Å²) in [6, 6.07) is 8.98. The first-order chi connectivity index (χ1) is 15.8. The maximum absolute atomic E-state index is 13.4. The molecule has 1 aliphatic heterocycles. The number of nitrogens with zero attached hydrogens (tertiary/aromatic N) is 3. The summed E-state index contributed by atoms with van der Waals surface area (Å²) >= 11 is 0. The molecule has 0 radical (unpaired) electrons. The Morgan fingerprint density at radius 2 is 2.03 bits per heavy atom. The number of nitro groups is 1. The van der Waals surface area contributed by atoms with E-state index in [4.69, 9.17) is 4.74 Å². The first kappa shape index (κ1) is 22.1. The van der Waals surface area contributed by atoms with Crippen LogP contribution in [0.1, 0.15) is 23.7 Å². The minimum absolute atomic E-state index is 0.147. The molecule has 2 aromatic carbocycles. The number of methoxy groups -OCH3 is 1. The molecule has 0 saturated carbocycles. The van der Waals surface area contributed by atoms with Gasteiger partial charge >= 0.3 is 0 Å². The van der Waals surface area contributed by atoms with E-state index in [1.807, 2.05) is 0 Å². The average Bonchev–Trinajstić information content (AvgIpc) is 3.25. The molecule has 0 saturated heterocycles. The molecule has 2 amide bonds. The van der Waals surface area contributed by atoms with E-state index in [0.717, 1.165) is 0 Å². The van der Waals surface area contributed by atoms with Crippen molar-refractivity contribution >= 4 is 29.0 Å². The van der Waals surface area contributed by atoms with Gasteiger partial charge in [-0.2, -0.15) is 5.10 Å². The van der Waals surface area contributed by atoms with E-state index < -0.39 is 28.6 Å². The van der Waals surface area contributed by atoms with Gasteiger partial charge in [0, 0.05) is 24.8 Å². The Bertz CT molecular complexity index is 1250. The monoisotopic (exact) mass is 453 g/mol. The van der Waals surface area contributed by atoms with E-state index in [1.165, 1.54) is 42.1 Å². The Hall–Kier alpha value is -4.12. The van der Waals surface area contributed by atoms with Crippen LogP contribution in [0, 0.1) is 22.9 Å². The second-order valence-corrected chi connectivity index (χ2v) is 7.57. The van der Waals surface area contributed by atoms with Crippen molar-refractivity contribution in [1.82, 2.24) is 9.78 Å². The summed E-state index contributed by atoms with van der Waals surface area (Å²) < 4.78 is 20.0. The normalized spacial score (nSPS) is 14.6. The molecule has 1 atom stereocenters. The lowest BCUT2D eigenvalue weighted by Crippen LogP contribution is -2.24. The van der Waals surface area contributed by atoms with Crippen LogP contribution in [0.3, 0.4) is 0 Å². The van der Waals surface area contributed by atoms with Crippen molar-refractivity contribution in [1.29, 1.82) is 0 Å². The highest BCUT2D eigenvalue weighted by Crippen LogP contribution is 2.39. The van der Waals surface area contributed by atoms with Crippen LogP contribution in [0.2, 0.25) is 0 Å². The Morgan fingerprint density at radius 3 is 2.70 bits per heavy atom. The maximum Gasteiger partial charge on any atom is 0.271 e. The number of ether oxygens (including phenoxy) is 1. The smallest absolute Gasteiger partial charge is 0.271 e. The van der Waals surface area contributed by atoms with E-state index in [9.17, 15) is 24.1 Å². The van der Waals surface area contributed by atoms with Crippen molar-refractivity contribution in [3.63, 3.8) is 0 Å². The summed E-state index contributed by atoms with van der Waals surface area (Å²) in [5.74, 6) is -0.927. The Kier molecular flexibility index (Phi) is 5.88. The number of hydrogen-bond donors (Lipinski definition) is 2. The zero-order valence-electron chi connectivity index (χ0n) is 17.8. The van der Waals surface area contributed by atoms with Gasteiger partial charge in [0.2, 0.25) is 5.91 Å². The topological polar surface area (TPSA) is 128 Å². The van der Waals surface area contributed by atoms with Crippen LogP contribution in [-0.2, 0) is 20.9 Å². The van der Waals surface area contributed by atoms with Crippen LogP contribution in [0.25, 0.3) is 11.1 Å². The van der Waals surface area contributed by atoms with Gasteiger partial charge in [-0.05, 0) is 30.2 Å². The fraction of sp³-hybridized carbons (Fsp3) is 0.227. The minimum Gasteiger partial charge on any atom is -0.378 e. The van der Waals surface area contributed by atoms with Gasteiger partial charge in [0.15, 0.2) is 0 Å². The number of carbonyl (C=O) groups is 2. The third-order valence-electron chi connectivity index (χ3n) is 5.32. The number of amides is 2. The second kappa shape index (κ2) is 8.79. The predicted molar refractivity (Wildman–Crippen MR) is 117 cm³/mol. The number of fused-ring (bicyclic) bond motifs is 1. The molecule has 4 rings (SSSR count). The number of nitro benzene ring substituents is 1. The van der Waals surface area contributed by atoms with E-state index in [2.05, 4.69) is 15.7 Å². The zero-order chi connectivity index (χ0) is 23.7. The summed E-state index contributed by atoms with van der Waals surface area (Å²) in [5.41, 5.74) is 2.53. The van der Waals surface area contributed by atoms with Crippen molar-refractivity contribution in [2.45, 2.75) is 26.0 Å². The van der Waals surface area contributed by atoms with Crippen LogP contribution >= 0.6 is 0 Å². The summed E-state index contributed by atoms with van der Waals surface area (Å²) in [6.45, 7) is 1.85. The van der Waals surface area contributed by atoms with Gasteiger partial charge in [0.25, 0.3) is 11.6 Å². The van der Waals surface area contributed by atoms with Gasteiger partial charge in [-0.1, -0.05) is 18.2 Å². The number of carbonyl (C=O) groups excluding carboxylic acids is 2. The van der Waals surface area contributed by atoms with Crippen LogP contribution in [-0.4, -0.2) is 33.6 Å². The number of hydrogen-bond acceptors (Lipinski definition) is 6. The fourth-order valence-electron chi connectivity index (χ4n) is 3.71. The third kappa shape index (κ3) is 4.30. The Morgan fingerprint density at radius 1 is 1.30 bits per heavy atom. The first-order valence-corrected chi connectivity index (χ1v) is 10.0. The van der Waals surface area contributed by atoms with Crippen molar-refractivity contribution in [2.75, 3.05) is 17.7 Å². The number of aryl methyl sites for hydroxylation is 1. The molecule has 0 aliphatic carbocycles. The number of nitrogens with one attached hydrogen (secondary N) is 2. The van der Waals surface area contributed by atoms with E-state index in [0.29, 0.717) is 33.9 Å². The van der Waals surface area contributed by atoms with E-state index in [-0.39, 0.29) is 18.7 Å². The maximum atomic E-state index is 13.4. The molecule has 10 nitrogen and oxygen atoms in total. The number of non-ortho nitro benzene ring substituents is 1. The molecule has 170 valence electrons. The van der Waals surface area contributed by atoms with Gasteiger partial charge in [-0.3, -0.25) is 19.7 Å². The second-order valence-electron chi connectivity index (χ2n) is 7.57. The largest absolute Gasteiger partial charge is 0.378 e. The third-order valence-corrected chi connectivity index (χ3v) is 5.32. The van der Waals surface area contributed by atoms with E-state index in [1.54, 1.807) is 19.1 Å². The molecule has 33 heavy (non-hydrogen) atoms. The highest BCUT2D eigenvalue weighted by Gasteiger charge is 2.37. The molecule has 2 heterocycles. The first-order valence-electron chi connectivity index (χ1n) is 10.0. The number of benzene rings is 2. The van der Waals surface area contributed by atoms with Gasteiger partial charge in [0.05, 0.1) is 29.3 Å². The lowest BCUT2D eigenvalue weighted by Gasteiger charge is -2.11. The highest BCUT2D eigenvalue weighted by molar-refractivity contribution is 6.04. The Labute approximate surface area is 187 Å². The van der Waals surface area contributed by atoms with Gasteiger partial charge < -0.3 is 15.4 Å². The van der Waals surface area contributed by atoms with Crippen LogP contribution in [0.4, 0.5) is 21.6 Å². The number of aromatic nitrogens is 2. The average molecular weight is 453 g/mol. The number of rotatable bonds is 7. The minimum atomic E-state index is -0.927. The summed E-state index contributed by atoms with van der Waals surface area (Å²) in [6.07, 6.45) is -0.238. The highest BCUT2D eigenvalue weighted by atomic mass is 19.1. The fourth-order valence-corrected chi connectivity index (χ4v) is 3.71. The molecule has 3 aromatic rings. The van der Waals surface area contributed by atoms with Crippen molar-refractivity contribution in [3.8, 4) is 11.1 Å². The van der Waals surface area contributed by atoms with Gasteiger partial charge in [-0.15, -0.1) is 0 Å². The zero-order valence-corrected chi connectivity index (χ0v) is 17.8. The van der Waals surface area contributed by atoms with Gasteiger partial charge in [-0.25, -0.2) is 9.07 Å². The van der Waals surface area contributed by atoms with Crippen molar-refractivity contribution in [3.05, 3.63) is 69.7 Å². The molecule has 2 N–H and O–H groups in total. The van der Waals surface area contributed by atoms with Crippen molar-refractivity contribution < 1.29 is 23.6 Å². The van der Waals surface area contributed by atoms with Gasteiger partial charge in [0.1, 0.15) is 17.7 Å². The van der Waals surface area contributed by atoms with Crippen LogP contribution < -0.4 is 10.6 Å². The van der Waals surface area contributed by atoms with Crippen molar-refractivity contribution in [2.24, 2.45) is 0 Å². The quantitative estimate of drug-likeness (QED) is 0.416. The van der Waals surface area contributed by atoms with E-state index >= 15 is 0 Å². The molecular weight excluding hydrogens is 433 g/mol. The molecule has 0 spiro atoms. The van der Waals surface area contributed by atoms with Crippen LogP contribution in [0.15, 0.2) is 42.5 Å². The molecule has 1 unspecified atom stereocenters. The number of anilines is 2. The SMILES string of the molecule is COCc1nn2c(c1-c1ccc(F)cc1)NC(=O)C2CC(=O)Nc1cc([N+](=O)[O-])ccc1C. The lowest BCUT2D eigenvalue weighted by molar-refractivity contribution is -0.384.